The Hall–Kier alpha value is -5.20. The van der Waals surface area contributed by atoms with Gasteiger partial charge in [-0.05, 0) is 55.7 Å². The summed E-state index contributed by atoms with van der Waals surface area (Å²) in [6.45, 7) is 4.64. The zero-order chi connectivity index (χ0) is 48.8. The summed E-state index contributed by atoms with van der Waals surface area (Å²) in [4.78, 5) is 41.3. The maximum atomic E-state index is 15.6. The summed E-state index contributed by atoms with van der Waals surface area (Å²) >= 11 is 11.5. The van der Waals surface area contributed by atoms with E-state index in [9.17, 15) is 56.8 Å². The van der Waals surface area contributed by atoms with Crippen molar-refractivity contribution in [2.45, 2.75) is 40.0 Å². The van der Waals surface area contributed by atoms with Crippen molar-refractivity contribution >= 4 is 108 Å². The van der Waals surface area contributed by atoms with Crippen LogP contribution in [0.15, 0.2) is 60.9 Å². The fraction of sp³-hybridized carbons (Fsp3) is 0.231. The Bertz CT molecular complexity index is 3110. The second-order valence-electron chi connectivity index (χ2n) is 13.4. The number of benzene rings is 4. The number of hydrogen-bond acceptors (Lipinski definition) is 13. The van der Waals surface area contributed by atoms with Crippen LogP contribution in [0.5, 0.6) is 0 Å². The smallest absolute Gasteiger partial charge is 0.248 e. The average molecular weight is 1030 g/mol. The van der Waals surface area contributed by atoms with E-state index in [1.807, 2.05) is 0 Å². The molecule has 0 atom stereocenters. The molecule has 0 spiro atoms. The first-order valence-corrected chi connectivity index (χ1v) is 25.0. The Morgan fingerprint density at radius 3 is 1.37 bits per heavy atom. The lowest BCUT2D eigenvalue weighted by Gasteiger charge is -2.25. The van der Waals surface area contributed by atoms with Gasteiger partial charge in [-0.25, -0.2) is 61.6 Å². The van der Waals surface area contributed by atoms with Crippen molar-refractivity contribution in [1.82, 2.24) is 19.9 Å². The molecule has 0 bridgehead atoms. The van der Waals surface area contributed by atoms with Gasteiger partial charge in [0.1, 0.15) is 16.0 Å². The summed E-state index contributed by atoms with van der Waals surface area (Å²) in [5.41, 5.74) is 1.40. The molecule has 2 heterocycles. The minimum absolute atomic E-state index is 0.0228. The van der Waals surface area contributed by atoms with E-state index in [-0.39, 0.29) is 60.8 Å². The lowest BCUT2D eigenvalue weighted by Crippen LogP contribution is -2.40. The highest BCUT2D eigenvalue weighted by atomic mass is 35.7. The third kappa shape index (κ3) is 12.6. The molecule has 0 saturated heterocycles. The normalized spacial score (nSPS) is 11.7. The number of sulfonamides is 2. The second-order valence-corrected chi connectivity index (χ2v) is 21.1. The molecule has 4 aromatic carbocycles. The molecule has 14 nitrogen and oxygen atoms in total. The number of rotatable bonds is 13. The van der Waals surface area contributed by atoms with Gasteiger partial charge in [0.05, 0.1) is 68.5 Å². The van der Waals surface area contributed by atoms with Gasteiger partial charge >= 0.3 is 0 Å². The Balaban J connectivity index is 0.000000263. The van der Waals surface area contributed by atoms with Crippen LogP contribution in [-0.2, 0) is 29.1 Å². The molecule has 0 amide bonds. The lowest BCUT2D eigenvalue weighted by atomic mass is 10.0. The number of nitrogens with two attached hydrogens (primary N) is 1. The maximum Gasteiger partial charge on any atom is 0.248 e. The van der Waals surface area contributed by atoms with Crippen molar-refractivity contribution in [2.24, 2.45) is 0 Å². The Kier molecular flexibility index (Phi) is 17.3. The standard InChI is InChI=1S/C21H19ClF3N3O5S2.C15H7ClF3N3O.C3H7ClO2S/c1-3-7-34(30,31)28(35(32,33)8-4-2)16-10-13(23)19(24)18(20(16)25)21(29)12-5-6-14-15(9-12)27-17(22)11-26-14;16-11-5-21-9-2-1-6(3-10(9)22-11)15(23)12-13(18)7(17)4-8(20)14(12)19;1-2-3-7(4,5)6/h5-6,9-11H,3-4,7-8H2,1-2H3;1-5H,20H2;2-3H2,1H3. The summed E-state index contributed by atoms with van der Waals surface area (Å²) in [6, 6.07) is 8.15. The molecule has 0 fully saturated rings. The van der Waals surface area contributed by atoms with Crippen LogP contribution in [-0.4, -0.2) is 74.0 Å². The molecule has 0 unspecified atom stereocenters. The van der Waals surface area contributed by atoms with E-state index in [4.69, 9.17) is 39.6 Å². The monoisotopic (exact) mass is 1030 g/mol. The van der Waals surface area contributed by atoms with E-state index in [2.05, 4.69) is 19.9 Å². The second kappa shape index (κ2) is 21.4. The third-order valence-electron chi connectivity index (χ3n) is 8.40. The molecule has 6 rings (SSSR count). The predicted octanol–water partition coefficient (Wildman–Crippen LogP) is 8.70. The van der Waals surface area contributed by atoms with E-state index in [0.29, 0.717) is 23.5 Å². The minimum Gasteiger partial charge on any atom is -0.396 e. The van der Waals surface area contributed by atoms with E-state index in [0.717, 1.165) is 12.1 Å². The molecule has 0 aliphatic heterocycles. The van der Waals surface area contributed by atoms with Crippen molar-refractivity contribution in [3.05, 3.63) is 128 Å². The number of ketones is 2. The quantitative estimate of drug-likeness (QED) is 0.0377. The molecule has 2 aromatic heterocycles. The van der Waals surface area contributed by atoms with Crippen molar-refractivity contribution in [2.75, 3.05) is 26.7 Å². The molecular formula is C39H33Cl3F6N6O8S3. The number of carbonyl (C=O) groups is 2. The topological polar surface area (TPSA) is 217 Å². The van der Waals surface area contributed by atoms with Crippen LogP contribution >= 0.6 is 33.9 Å². The van der Waals surface area contributed by atoms with Crippen molar-refractivity contribution < 1.29 is 61.2 Å². The van der Waals surface area contributed by atoms with Crippen LogP contribution in [0.1, 0.15) is 71.9 Å². The summed E-state index contributed by atoms with van der Waals surface area (Å²) in [5.74, 6) is -13.7. The van der Waals surface area contributed by atoms with Crippen molar-refractivity contribution in [1.29, 1.82) is 0 Å². The predicted molar refractivity (Wildman–Crippen MR) is 234 cm³/mol. The van der Waals surface area contributed by atoms with Crippen LogP contribution < -0.4 is 9.44 Å². The Labute approximate surface area is 382 Å². The molecule has 26 heteroatoms. The van der Waals surface area contributed by atoms with Crippen molar-refractivity contribution in [3.8, 4) is 0 Å². The molecule has 2 N–H and O–H groups in total. The van der Waals surface area contributed by atoms with Crippen LogP contribution in [0, 0.1) is 34.9 Å². The van der Waals surface area contributed by atoms with Gasteiger partial charge in [-0.3, -0.25) is 19.6 Å². The molecular weight excluding hydrogens is 997 g/mol. The number of hydrogen-bond donors (Lipinski definition) is 1. The first-order valence-electron chi connectivity index (χ1n) is 18.5. The molecule has 348 valence electrons. The zero-order valence-corrected chi connectivity index (χ0v) is 38.4. The summed E-state index contributed by atoms with van der Waals surface area (Å²) in [7, 11) is -7.85. The van der Waals surface area contributed by atoms with Gasteiger partial charge in [0, 0.05) is 33.9 Å². The molecule has 0 radical (unpaired) electrons. The minimum atomic E-state index is -4.73. The summed E-state index contributed by atoms with van der Waals surface area (Å²) < 4.78 is 157. The van der Waals surface area contributed by atoms with Crippen molar-refractivity contribution in [3.63, 3.8) is 0 Å². The average Bonchev–Trinajstić information content (AvgIpc) is 3.21. The molecule has 0 saturated carbocycles. The number of nitrogens with zero attached hydrogens (tertiary/aromatic N) is 5. The number of aromatic nitrogens is 4. The molecule has 65 heavy (non-hydrogen) atoms. The summed E-state index contributed by atoms with van der Waals surface area (Å²) in [6.07, 6.45) is 3.06. The maximum absolute atomic E-state index is 15.6. The number of fused-ring (bicyclic) bond motifs is 2. The van der Waals surface area contributed by atoms with Gasteiger partial charge in [0.15, 0.2) is 46.5 Å². The van der Waals surface area contributed by atoms with E-state index < -0.39 is 110 Å². The van der Waals surface area contributed by atoms with E-state index in [1.54, 1.807) is 6.92 Å². The fourth-order valence-corrected chi connectivity index (χ4v) is 11.0. The highest BCUT2D eigenvalue weighted by Crippen LogP contribution is 2.34. The van der Waals surface area contributed by atoms with Crippen LogP contribution in [0.2, 0.25) is 10.3 Å². The van der Waals surface area contributed by atoms with E-state index in [1.165, 1.54) is 50.5 Å². The largest absolute Gasteiger partial charge is 0.396 e. The fourth-order valence-electron chi connectivity index (χ4n) is 5.69. The van der Waals surface area contributed by atoms with Gasteiger partial charge in [0.25, 0.3) is 0 Å². The highest BCUT2D eigenvalue weighted by Gasteiger charge is 2.38. The Morgan fingerprint density at radius 1 is 0.585 bits per heavy atom. The van der Waals surface area contributed by atoms with Gasteiger partial charge in [-0.15, -0.1) is 0 Å². The first kappa shape index (κ1) is 52.4. The molecule has 0 aliphatic rings. The summed E-state index contributed by atoms with van der Waals surface area (Å²) in [5, 5.41) is 0.0693. The van der Waals surface area contributed by atoms with Crippen LogP contribution in [0.25, 0.3) is 22.1 Å². The SMILES string of the molecule is CCCS(=O)(=O)Cl.CCCS(=O)(=O)N(c1cc(F)c(F)c(C(=O)c2ccc3ncc(Cl)nc3c2)c1F)S(=O)(=O)CCC.Nc1cc(F)c(F)c(C(=O)c2ccc3ncc(Cl)nc3c2)c1F. The van der Waals surface area contributed by atoms with Gasteiger partial charge in [0.2, 0.25) is 29.1 Å². The third-order valence-corrected chi connectivity index (χ3v) is 14.7. The molecule has 6 aromatic rings. The number of halogens is 9. The number of carbonyl (C=O) groups excluding carboxylic acids is 2. The zero-order valence-electron chi connectivity index (χ0n) is 33.7. The number of nitrogen functional groups attached to an aromatic ring is 1. The number of anilines is 2. The van der Waals surface area contributed by atoms with Gasteiger partial charge < -0.3 is 5.73 Å². The Morgan fingerprint density at radius 2 is 0.985 bits per heavy atom. The highest BCUT2D eigenvalue weighted by molar-refractivity contribution is 8.13. The van der Waals surface area contributed by atoms with Crippen LogP contribution in [0.4, 0.5) is 37.7 Å². The van der Waals surface area contributed by atoms with Gasteiger partial charge in [-0.2, -0.15) is 3.71 Å². The van der Waals surface area contributed by atoms with Gasteiger partial charge in [-0.1, -0.05) is 44.0 Å². The van der Waals surface area contributed by atoms with E-state index >= 15 is 4.39 Å². The first-order chi connectivity index (χ1) is 30.3. The molecule has 0 aliphatic carbocycles. The lowest BCUT2D eigenvalue weighted by molar-refractivity contribution is 0.102. The van der Waals surface area contributed by atoms with Crippen LogP contribution in [0.3, 0.4) is 0 Å².